The Morgan fingerprint density at radius 3 is 2.87 bits per heavy atom. The van der Waals surface area contributed by atoms with E-state index in [-0.39, 0.29) is 16.7 Å². The molecule has 0 unspecified atom stereocenters. The van der Waals surface area contributed by atoms with E-state index in [2.05, 4.69) is 10.3 Å². The SMILES string of the molecule is Cc1cc(Cl)nc(NC2CC2)c1[N+](=O)[O-]. The summed E-state index contributed by atoms with van der Waals surface area (Å²) in [6.07, 6.45) is 2.06. The number of nitrogens with one attached hydrogen (secondary N) is 1. The first-order chi connectivity index (χ1) is 7.08. The summed E-state index contributed by atoms with van der Waals surface area (Å²) in [6.45, 7) is 1.66. The molecule has 6 heteroatoms. The minimum atomic E-state index is -0.427. The maximum Gasteiger partial charge on any atom is 0.314 e. The number of hydrogen-bond donors (Lipinski definition) is 1. The van der Waals surface area contributed by atoms with Crippen molar-refractivity contribution in [3.05, 3.63) is 26.9 Å². The Hall–Kier alpha value is -1.36. The predicted molar refractivity (Wildman–Crippen MR) is 57.3 cm³/mol. The minimum absolute atomic E-state index is 0.0197. The van der Waals surface area contributed by atoms with Gasteiger partial charge in [-0.25, -0.2) is 4.98 Å². The largest absolute Gasteiger partial charge is 0.362 e. The molecule has 1 N–H and O–H groups in total. The molecule has 2 rings (SSSR count). The summed E-state index contributed by atoms with van der Waals surface area (Å²) < 4.78 is 0. The summed E-state index contributed by atoms with van der Waals surface area (Å²) in [7, 11) is 0. The third-order valence-corrected chi connectivity index (χ3v) is 2.45. The maximum atomic E-state index is 10.8. The third kappa shape index (κ3) is 2.18. The van der Waals surface area contributed by atoms with Gasteiger partial charge in [0, 0.05) is 11.6 Å². The monoisotopic (exact) mass is 227 g/mol. The Kier molecular flexibility index (Phi) is 2.48. The van der Waals surface area contributed by atoms with E-state index in [1.165, 1.54) is 6.07 Å². The van der Waals surface area contributed by atoms with E-state index in [0.717, 1.165) is 12.8 Å². The highest BCUT2D eigenvalue weighted by atomic mass is 35.5. The highest BCUT2D eigenvalue weighted by molar-refractivity contribution is 6.29. The summed E-state index contributed by atoms with van der Waals surface area (Å²) in [5.41, 5.74) is 0.550. The average Bonchev–Trinajstić information content (AvgIpc) is 2.85. The van der Waals surface area contributed by atoms with Crippen molar-refractivity contribution in [2.45, 2.75) is 25.8 Å². The molecule has 1 aliphatic carbocycles. The van der Waals surface area contributed by atoms with Crippen LogP contribution in [0.3, 0.4) is 0 Å². The van der Waals surface area contributed by atoms with Crippen molar-refractivity contribution in [3.8, 4) is 0 Å². The smallest absolute Gasteiger partial charge is 0.314 e. The summed E-state index contributed by atoms with van der Waals surface area (Å²) >= 11 is 5.76. The molecule has 0 amide bonds. The van der Waals surface area contributed by atoms with Gasteiger partial charge in [-0.3, -0.25) is 10.1 Å². The maximum absolute atomic E-state index is 10.8. The first-order valence-electron chi connectivity index (χ1n) is 4.66. The van der Waals surface area contributed by atoms with Crippen LogP contribution in [-0.4, -0.2) is 15.9 Å². The summed E-state index contributed by atoms with van der Waals surface area (Å²) in [4.78, 5) is 14.4. The lowest BCUT2D eigenvalue weighted by molar-refractivity contribution is -0.384. The predicted octanol–water partition coefficient (Wildman–Crippen LogP) is 2.53. The quantitative estimate of drug-likeness (QED) is 0.490. The van der Waals surface area contributed by atoms with Crippen molar-refractivity contribution in [3.63, 3.8) is 0 Å². The van der Waals surface area contributed by atoms with Gasteiger partial charge < -0.3 is 5.32 Å². The second-order valence-corrected chi connectivity index (χ2v) is 4.02. The lowest BCUT2D eigenvalue weighted by Crippen LogP contribution is -2.07. The van der Waals surface area contributed by atoms with Gasteiger partial charge >= 0.3 is 5.69 Å². The van der Waals surface area contributed by atoms with Crippen molar-refractivity contribution in [1.82, 2.24) is 4.98 Å². The fraction of sp³-hybridized carbons (Fsp3) is 0.444. The molecule has 0 aromatic carbocycles. The molecule has 0 bridgehead atoms. The number of anilines is 1. The molecule has 15 heavy (non-hydrogen) atoms. The number of nitrogens with zero attached hydrogens (tertiary/aromatic N) is 2. The normalized spacial score (nSPS) is 15.1. The molecule has 0 spiro atoms. The van der Waals surface area contributed by atoms with Crippen LogP contribution in [0, 0.1) is 17.0 Å². The second-order valence-electron chi connectivity index (χ2n) is 3.63. The van der Waals surface area contributed by atoms with Crippen molar-refractivity contribution >= 4 is 23.1 Å². The molecule has 80 valence electrons. The van der Waals surface area contributed by atoms with Gasteiger partial charge in [0.1, 0.15) is 5.15 Å². The fourth-order valence-corrected chi connectivity index (χ4v) is 1.63. The molecule has 1 aromatic heterocycles. The van der Waals surface area contributed by atoms with Gasteiger partial charge in [0.2, 0.25) is 5.82 Å². The molecule has 0 atom stereocenters. The van der Waals surface area contributed by atoms with Crippen LogP contribution < -0.4 is 5.32 Å². The number of aromatic nitrogens is 1. The standard InChI is InChI=1S/C9H10ClN3O2/c1-5-4-7(10)12-9(8(5)13(14)15)11-6-2-3-6/h4,6H,2-3H2,1H3,(H,11,12). The molecular weight excluding hydrogens is 218 g/mol. The Morgan fingerprint density at radius 1 is 1.67 bits per heavy atom. The van der Waals surface area contributed by atoms with Gasteiger partial charge in [-0.2, -0.15) is 0 Å². The molecule has 5 nitrogen and oxygen atoms in total. The van der Waals surface area contributed by atoms with Gasteiger partial charge in [0.05, 0.1) is 4.92 Å². The van der Waals surface area contributed by atoms with Gasteiger partial charge in [-0.15, -0.1) is 0 Å². The Balaban J connectivity index is 2.42. The van der Waals surface area contributed by atoms with Crippen molar-refractivity contribution in [2.24, 2.45) is 0 Å². The van der Waals surface area contributed by atoms with E-state index in [4.69, 9.17) is 11.6 Å². The second kappa shape index (κ2) is 3.66. The zero-order chi connectivity index (χ0) is 11.0. The number of pyridine rings is 1. The first kappa shape index (κ1) is 10.2. The fourth-order valence-electron chi connectivity index (χ4n) is 1.38. The molecule has 1 fully saturated rings. The van der Waals surface area contributed by atoms with Crippen LogP contribution in [0.15, 0.2) is 6.07 Å². The number of aryl methyl sites for hydroxylation is 1. The first-order valence-corrected chi connectivity index (χ1v) is 5.04. The topological polar surface area (TPSA) is 68.1 Å². The van der Waals surface area contributed by atoms with Gasteiger partial charge in [0.15, 0.2) is 0 Å². The molecular formula is C9H10ClN3O2. The van der Waals surface area contributed by atoms with Crippen LogP contribution in [0.1, 0.15) is 18.4 Å². The lowest BCUT2D eigenvalue weighted by atomic mass is 10.2. The van der Waals surface area contributed by atoms with Crippen LogP contribution in [0.5, 0.6) is 0 Å². The zero-order valence-corrected chi connectivity index (χ0v) is 8.91. The van der Waals surface area contributed by atoms with Gasteiger partial charge in [-0.1, -0.05) is 11.6 Å². The third-order valence-electron chi connectivity index (χ3n) is 2.25. The Bertz CT molecular complexity index is 418. The Labute approximate surface area is 91.6 Å². The van der Waals surface area contributed by atoms with E-state index >= 15 is 0 Å². The summed E-state index contributed by atoms with van der Waals surface area (Å²) in [6, 6.07) is 1.81. The van der Waals surface area contributed by atoms with Crippen molar-refractivity contribution < 1.29 is 4.92 Å². The lowest BCUT2D eigenvalue weighted by Gasteiger charge is -2.06. The van der Waals surface area contributed by atoms with Crippen LogP contribution in [0.25, 0.3) is 0 Å². The minimum Gasteiger partial charge on any atom is -0.362 e. The molecule has 1 aliphatic rings. The molecule has 0 radical (unpaired) electrons. The molecule has 1 aromatic rings. The van der Waals surface area contributed by atoms with Crippen LogP contribution in [0.4, 0.5) is 11.5 Å². The molecule has 1 saturated carbocycles. The summed E-state index contributed by atoms with van der Waals surface area (Å²) in [5, 5.41) is 14.1. The average molecular weight is 228 g/mol. The zero-order valence-electron chi connectivity index (χ0n) is 8.16. The van der Waals surface area contributed by atoms with Crippen molar-refractivity contribution in [1.29, 1.82) is 0 Å². The van der Waals surface area contributed by atoms with Crippen molar-refractivity contribution in [2.75, 3.05) is 5.32 Å². The highest BCUT2D eigenvalue weighted by Crippen LogP contribution is 2.32. The van der Waals surface area contributed by atoms with E-state index in [1.807, 2.05) is 0 Å². The Morgan fingerprint density at radius 2 is 2.33 bits per heavy atom. The highest BCUT2D eigenvalue weighted by Gasteiger charge is 2.27. The molecule has 1 heterocycles. The van der Waals surface area contributed by atoms with Crippen LogP contribution in [0.2, 0.25) is 5.15 Å². The van der Waals surface area contributed by atoms with Gasteiger partial charge in [-0.05, 0) is 25.8 Å². The van der Waals surface area contributed by atoms with E-state index in [1.54, 1.807) is 6.92 Å². The van der Waals surface area contributed by atoms with Crippen LogP contribution >= 0.6 is 11.6 Å². The molecule has 0 saturated heterocycles. The summed E-state index contributed by atoms with van der Waals surface area (Å²) in [5.74, 6) is 0.285. The number of rotatable bonds is 3. The van der Waals surface area contributed by atoms with Crippen LogP contribution in [-0.2, 0) is 0 Å². The number of nitro groups is 1. The van der Waals surface area contributed by atoms with Gasteiger partial charge in [0.25, 0.3) is 0 Å². The molecule has 0 aliphatic heterocycles. The number of halogens is 1. The van der Waals surface area contributed by atoms with E-state index in [9.17, 15) is 10.1 Å². The number of hydrogen-bond acceptors (Lipinski definition) is 4. The van der Waals surface area contributed by atoms with E-state index in [0.29, 0.717) is 11.6 Å². The van der Waals surface area contributed by atoms with E-state index < -0.39 is 4.92 Å².